The lowest BCUT2D eigenvalue weighted by molar-refractivity contribution is -0.147. The number of para-hydroxylation sites is 1. The van der Waals surface area contributed by atoms with Crippen molar-refractivity contribution in [1.82, 2.24) is 9.80 Å². The zero-order valence-corrected chi connectivity index (χ0v) is 25.6. The van der Waals surface area contributed by atoms with Crippen LogP contribution in [0.5, 0.6) is 0 Å². The smallest absolute Gasteiger partial charge is 0.247 e. The zero-order valence-electron chi connectivity index (χ0n) is 23.2. The number of rotatable bonds is 11. The van der Waals surface area contributed by atoms with Crippen LogP contribution in [0.25, 0.3) is 0 Å². The molecule has 3 amide bonds. The molecule has 1 aromatic carbocycles. The molecule has 2 bridgehead atoms. The molecular formula is C30H40BrN3O4S. The Hall–Kier alpha value is -2.10. The third-order valence-electron chi connectivity index (χ3n) is 8.44. The normalized spacial score (nSPS) is 30.0. The number of anilines is 1. The van der Waals surface area contributed by atoms with Crippen LogP contribution in [0.4, 0.5) is 5.69 Å². The topological polar surface area (TPSA) is 81.2 Å². The Bertz CT molecular complexity index is 1110. The molecule has 0 aliphatic carbocycles. The fourth-order valence-electron chi connectivity index (χ4n) is 6.70. The van der Waals surface area contributed by atoms with Crippen molar-refractivity contribution in [3.63, 3.8) is 0 Å². The zero-order chi connectivity index (χ0) is 28.6. The fourth-order valence-corrected chi connectivity index (χ4v) is 10.3. The van der Waals surface area contributed by atoms with Crippen molar-refractivity contribution in [2.45, 2.75) is 67.1 Å². The van der Waals surface area contributed by atoms with Gasteiger partial charge in [-0.05, 0) is 38.3 Å². The van der Waals surface area contributed by atoms with Crippen molar-refractivity contribution in [3.05, 3.63) is 55.6 Å². The van der Waals surface area contributed by atoms with E-state index in [0.717, 1.165) is 5.69 Å². The summed E-state index contributed by atoms with van der Waals surface area (Å²) in [6.45, 7) is 15.9. The number of aliphatic hydroxyl groups is 1. The maximum Gasteiger partial charge on any atom is 0.247 e. The Labute approximate surface area is 244 Å². The average Bonchev–Trinajstić information content (AvgIpc) is 3.49. The van der Waals surface area contributed by atoms with Crippen molar-refractivity contribution >= 4 is 51.1 Å². The Balaban J connectivity index is 1.85. The number of nitrogens with zero attached hydrogens (tertiary/aromatic N) is 3. The molecule has 1 N–H and O–H groups in total. The average molecular weight is 619 g/mol. The van der Waals surface area contributed by atoms with Crippen LogP contribution in [0.2, 0.25) is 0 Å². The second-order valence-corrected chi connectivity index (χ2v) is 14.1. The van der Waals surface area contributed by atoms with E-state index in [-0.39, 0.29) is 46.4 Å². The molecule has 212 valence electrons. The van der Waals surface area contributed by atoms with E-state index >= 15 is 0 Å². The monoisotopic (exact) mass is 617 g/mol. The maximum absolute atomic E-state index is 14.5. The van der Waals surface area contributed by atoms with Gasteiger partial charge < -0.3 is 19.8 Å². The highest BCUT2D eigenvalue weighted by molar-refractivity contribution is 9.09. The van der Waals surface area contributed by atoms with Crippen molar-refractivity contribution in [1.29, 1.82) is 0 Å². The predicted octanol–water partition coefficient (Wildman–Crippen LogP) is 4.11. The summed E-state index contributed by atoms with van der Waals surface area (Å²) >= 11 is 5.46. The molecule has 7 atom stereocenters. The number of carbonyl (C=O) groups excluding carboxylic acids is 3. The lowest BCUT2D eigenvalue weighted by Crippen LogP contribution is -2.59. The molecular weight excluding hydrogens is 578 g/mol. The summed E-state index contributed by atoms with van der Waals surface area (Å²) in [6, 6.07) is 8.01. The van der Waals surface area contributed by atoms with Crippen LogP contribution in [0.15, 0.2) is 55.6 Å². The van der Waals surface area contributed by atoms with Gasteiger partial charge in [0.25, 0.3) is 0 Å². The number of fused-ring (bicyclic) bond motifs is 1. The first kappa shape index (κ1) is 29.9. The van der Waals surface area contributed by atoms with Gasteiger partial charge in [-0.15, -0.1) is 24.9 Å². The van der Waals surface area contributed by atoms with Gasteiger partial charge in [0, 0.05) is 34.9 Å². The highest BCUT2D eigenvalue weighted by atomic mass is 79.9. The van der Waals surface area contributed by atoms with E-state index in [1.165, 1.54) is 0 Å². The van der Waals surface area contributed by atoms with Crippen LogP contribution >= 0.6 is 27.7 Å². The second-order valence-electron chi connectivity index (χ2n) is 11.3. The van der Waals surface area contributed by atoms with E-state index in [1.807, 2.05) is 58.0 Å². The second kappa shape index (κ2) is 11.8. The minimum Gasteiger partial charge on any atom is -0.394 e. The number of halogens is 1. The van der Waals surface area contributed by atoms with Crippen molar-refractivity contribution in [3.8, 4) is 0 Å². The summed E-state index contributed by atoms with van der Waals surface area (Å²) in [4.78, 5) is 48.3. The molecule has 3 saturated heterocycles. The summed E-state index contributed by atoms with van der Waals surface area (Å²) in [7, 11) is 0. The summed E-state index contributed by atoms with van der Waals surface area (Å²) in [6.07, 6.45) is 3.99. The largest absolute Gasteiger partial charge is 0.394 e. The van der Waals surface area contributed by atoms with Crippen molar-refractivity contribution in [2.75, 3.05) is 24.6 Å². The molecule has 4 rings (SSSR count). The van der Waals surface area contributed by atoms with Crippen LogP contribution < -0.4 is 4.90 Å². The van der Waals surface area contributed by atoms with Gasteiger partial charge in [0.1, 0.15) is 6.04 Å². The molecule has 3 unspecified atom stereocenters. The number of hydrogen-bond acceptors (Lipinski definition) is 5. The first-order valence-corrected chi connectivity index (χ1v) is 15.5. The quantitative estimate of drug-likeness (QED) is 0.299. The molecule has 0 radical (unpaired) electrons. The number of aliphatic hydroxyl groups excluding tert-OH is 1. The standard InChI is InChI=1S/C30H40BrN3O4S/c1-7-14-32(19(5)6)29(38)26-30-16-21(31)25(39-30)23(24(30)28(37)34(26)22(17-35)18(3)4)27(36)33(15-8-2)20-12-10-9-11-13-20/h7-13,18-19,21-26,35H,1-2,14-17H2,3-6H3/t21?,22-,23+,24-,25+,26?,30?/m0/s1. The molecule has 0 saturated carbocycles. The van der Waals surface area contributed by atoms with Crippen LogP contribution in [-0.2, 0) is 14.4 Å². The summed E-state index contributed by atoms with van der Waals surface area (Å²) < 4.78 is -0.777. The predicted molar refractivity (Wildman–Crippen MR) is 161 cm³/mol. The number of thioether (sulfide) groups is 1. The van der Waals surface area contributed by atoms with Crippen LogP contribution in [0.1, 0.15) is 34.1 Å². The number of carbonyl (C=O) groups is 3. The van der Waals surface area contributed by atoms with Gasteiger partial charge in [-0.1, -0.05) is 60.1 Å². The molecule has 1 aromatic rings. The molecule has 3 heterocycles. The summed E-state index contributed by atoms with van der Waals surface area (Å²) in [5.41, 5.74) is 0.748. The van der Waals surface area contributed by atoms with Crippen LogP contribution in [0.3, 0.4) is 0 Å². The van der Waals surface area contributed by atoms with E-state index in [9.17, 15) is 19.5 Å². The molecule has 3 aliphatic rings. The van der Waals surface area contributed by atoms with Crippen LogP contribution in [0, 0.1) is 17.8 Å². The third kappa shape index (κ3) is 4.88. The van der Waals surface area contributed by atoms with Gasteiger partial charge in [-0.25, -0.2) is 0 Å². The molecule has 39 heavy (non-hydrogen) atoms. The first-order chi connectivity index (χ1) is 18.5. The Kier molecular flexibility index (Phi) is 9.03. The van der Waals surface area contributed by atoms with E-state index in [0.29, 0.717) is 19.5 Å². The number of benzene rings is 1. The fraction of sp³-hybridized carbons (Fsp3) is 0.567. The van der Waals surface area contributed by atoms with E-state index in [2.05, 4.69) is 29.1 Å². The molecule has 3 aliphatic heterocycles. The molecule has 3 fully saturated rings. The third-order valence-corrected chi connectivity index (χ3v) is 11.7. The summed E-state index contributed by atoms with van der Waals surface area (Å²) in [5, 5.41) is 10.3. The highest BCUT2D eigenvalue weighted by Crippen LogP contribution is 2.68. The molecule has 9 heteroatoms. The Morgan fingerprint density at radius 2 is 1.79 bits per heavy atom. The van der Waals surface area contributed by atoms with Gasteiger partial charge in [-0.2, -0.15) is 0 Å². The van der Waals surface area contributed by atoms with E-state index < -0.39 is 28.7 Å². The van der Waals surface area contributed by atoms with Crippen LogP contribution in [-0.4, -0.2) is 85.3 Å². The number of alkyl halides is 1. The van der Waals surface area contributed by atoms with E-state index in [4.69, 9.17) is 0 Å². The van der Waals surface area contributed by atoms with Gasteiger partial charge in [0.2, 0.25) is 17.7 Å². The Morgan fingerprint density at radius 3 is 2.33 bits per heavy atom. The maximum atomic E-state index is 14.5. The Morgan fingerprint density at radius 1 is 1.15 bits per heavy atom. The summed E-state index contributed by atoms with van der Waals surface area (Å²) in [5.74, 6) is -1.83. The molecule has 1 spiro atoms. The van der Waals surface area contributed by atoms with Gasteiger partial charge >= 0.3 is 0 Å². The van der Waals surface area contributed by atoms with Gasteiger partial charge in [0.05, 0.1) is 29.2 Å². The highest BCUT2D eigenvalue weighted by Gasteiger charge is 2.76. The first-order valence-electron chi connectivity index (χ1n) is 13.7. The SMILES string of the molecule is C=CCN(C(=O)[C@H]1[C@@H]2SC3(CC2Br)C(C(=O)N(CC=C)C(C)C)N([C@@H](CO)C(C)C)C(=O)[C@H]13)c1ccccc1. The number of hydrogen-bond donors (Lipinski definition) is 1. The molecule has 0 aromatic heterocycles. The van der Waals surface area contributed by atoms with E-state index in [1.54, 1.807) is 38.6 Å². The minimum absolute atomic E-state index is 0.0318. The number of amides is 3. The van der Waals surface area contributed by atoms with Gasteiger partial charge in [-0.3, -0.25) is 14.4 Å². The lowest BCUT2D eigenvalue weighted by Gasteiger charge is -2.41. The lowest BCUT2D eigenvalue weighted by atomic mass is 9.70. The number of likely N-dealkylation sites (tertiary alicyclic amines) is 1. The molecule has 7 nitrogen and oxygen atoms in total. The van der Waals surface area contributed by atoms with Crippen molar-refractivity contribution in [2.24, 2.45) is 17.8 Å². The van der Waals surface area contributed by atoms with Crippen molar-refractivity contribution < 1.29 is 19.5 Å². The van der Waals surface area contributed by atoms with Gasteiger partial charge in [0.15, 0.2) is 0 Å². The minimum atomic E-state index is -0.783.